The van der Waals surface area contributed by atoms with E-state index < -0.39 is 0 Å². The third kappa shape index (κ3) is 2.65. The van der Waals surface area contributed by atoms with Gasteiger partial charge in [0.1, 0.15) is 0 Å². The summed E-state index contributed by atoms with van der Waals surface area (Å²) in [6, 6.07) is 12.2. The van der Waals surface area contributed by atoms with E-state index >= 15 is 0 Å². The minimum atomic E-state index is 0.0185. The van der Waals surface area contributed by atoms with E-state index in [1.165, 1.54) is 0 Å². The molecule has 2 atom stereocenters. The number of nitrogens with zero attached hydrogens (tertiary/aromatic N) is 2. The van der Waals surface area contributed by atoms with Gasteiger partial charge in [0.25, 0.3) is 0 Å². The van der Waals surface area contributed by atoms with Crippen LogP contribution in [0.25, 0.3) is 17.0 Å². The summed E-state index contributed by atoms with van der Waals surface area (Å²) in [5.74, 6) is 1.20. The standard InChI is InChI=1S/C22H20N2/c1-16-14-20(24-21(23-16)17-8-4-3-5-9-17)18-11-12-19-10-6-7-13-22(19,2)15-18/h3-15,19H,1-2H3. The van der Waals surface area contributed by atoms with Gasteiger partial charge in [-0.1, -0.05) is 79.8 Å². The van der Waals surface area contributed by atoms with Crippen molar-refractivity contribution in [2.24, 2.45) is 11.3 Å². The maximum absolute atomic E-state index is 4.82. The number of aromatic nitrogens is 2. The quantitative estimate of drug-likeness (QED) is 0.766. The van der Waals surface area contributed by atoms with Gasteiger partial charge >= 0.3 is 0 Å². The molecular formula is C22H20N2. The number of benzene rings is 1. The van der Waals surface area contributed by atoms with Crippen molar-refractivity contribution in [2.75, 3.05) is 0 Å². The second-order valence-electron chi connectivity index (χ2n) is 6.68. The lowest BCUT2D eigenvalue weighted by molar-refractivity contribution is 0.454. The van der Waals surface area contributed by atoms with Crippen molar-refractivity contribution in [3.05, 3.63) is 90.3 Å². The zero-order valence-electron chi connectivity index (χ0n) is 14.0. The molecule has 0 saturated heterocycles. The van der Waals surface area contributed by atoms with Gasteiger partial charge in [0.2, 0.25) is 0 Å². The summed E-state index contributed by atoms with van der Waals surface area (Å²) in [6.45, 7) is 4.30. The predicted molar refractivity (Wildman–Crippen MR) is 99.2 cm³/mol. The largest absolute Gasteiger partial charge is 0.233 e. The number of aryl methyl sites for hydroxylation is 1. The van der Waals surface area contributed by atoms with Crippen LogP contribution in [0.3, 0.4) is 0 Å². The van der Waals surface area contributed by atoms with Crippen LogP contribution in [0.4, 0.5) is 0 Å². The van der Waals surface area contributed by atoms with Crippen LogP contribution in [0.1, 0.15) is 18.3 Å². The minimum Gasteiger partial charge on any atom is -0.233 e. The Labute approximate surface area is 143 Å². The highest BCUT2D eigenvalue weighted by Crippen LogP contribution is 2.41. The molecule has 1 aromatic heterocycles. The second-order valence-corrected chi connectivity index (χ2v) is 6.68. The Balaban J connectivity index is 1.78. The van der Waals surface area contributed by atoms with Gasteiger partial charge in [0.15, 0.2) is 5.82 Å². The topological polar surface area (TPSA) is 25.8 Å². The SMILES string of the molecule is Cc1cc(C2=CC3(C)C=CC=CC3C=C2)nc(-c2ccccc2)n1. The average Bonchev–Trinajstić information content (AvgIpc) is 2.61. The molecule has 2 aliphatic carbocycles. The zero-order chi connectivity index (χ0) is 16.6. The number of hydrogen-bond donors (Lipinski definition) is 0. The summed E-state index contributed by atoms with van der Waals surface area (Å²) in [7, 11) is 0. The van der Waals surface area contributed by atoms with Crippen LogP contribution in [-0.4, -0.2) is 9.97 Å². The van der Waals surface area contributed by atoms with Crippen molar-refractivity contribution in [1.82, 2.24) is 9.97 Å². The lowest BCUT2D eigenvalue weighted by atomic mass is 9.70. The van der Waals surface area contributed by atoms with E-state index in [0.29, 0.717) is 5.92 Å². The van der Waals surface area contributed by atoms with E-state index in [0.717, 1.165) is 28.3 Å². The molecule has 0 bridgehead atoms. The maximum Gasteiger partial charge on any atom is 0.160 e. The van der Waals surface area contributed by atoms with Crippen LogP contribution < -0.4 is 0 Å². The number of allylic oxidation sites excluding steroid dienone is 8. The van der Waals surface area contributed by atoms with Gasteiger partial charge in [-0.3, -0.25) is 0 Å². The highest BCUT2D eigenvalue weighted by molar-refractivity contribution is 5.75. The van der Waals surface area contributed by atoms with E-state index in [1.807, 2.05) is 25.1 Å². The number of rotatable bonds is 2. The van der Waals surface area contributed by atoms with Gasteiger partial charge in [0, 0.05) is 22.6 Å². The minimum absolute atomic E-state index is 0.0185. The highest BCUT2D eigenvalue weighted by Gasteiger charge is 2.30. The van der Waals surface area contributed by atoms with Crippen molar-refractivity contribution in [3.63, 3.8) is 0 Å². The highest BCUT2D eigenvalue weighted by atomic mass is 14.9. The Morgan fingerprint density at radius 2 is 1.83 bits per heavy atom. The number of hydrogen-bond acceptors (Lipinski definition) is 2. The van der Waals surface area contributed by atoms with Crippen LogP contribution in [0.2, 0.25) is 0 Å². The van der Waals surface area contributed by atoms with Crippen molar-refractivity contribution < 1.29 is 0 Å². The molecule has 2 nitrogen and oxygen atoms in total. The molecule has 2 aliphatic rings. The molecular weight excluding hydrogens is 292 g/mol. The van der Waals surface area contributed by atoms with Crippen LogP contribution in [0, 0.1) is 18.3 Å². The van der Waals surface area contributed by atoms with Crippen LogP contribution in [0.15, 0.2) is 78.9 Å². The molecule has 0 N–H and O–H groups in total. The Morgan fingerprint density at radius 3 is 2.67 bits per heavy atom. The van der Waals surface area contributed by atoms with E-state index in [4.69, 9.17) is 4.98 Å². The Morgan fingerprint density at radius 1 is 1.00 bits per heavy atom. The molecule has 0 spiro atoms. The molecule has 0 aliphatic heterocycles. The average molecular weight is 312 g/mol. The van der Waals surface area contributed by atoms with Crippen molar-refractivity contribution in [1.29, 1.82) is 0 Å². The van der Waals surface area contributed by atoms with Crippen molar-refractivity contribution >= 4 is 5.57 Å². The second kappa shape index (κ2) is 5.72. The molecule has 2 heteroatoms. The predicted octanol–water partition coefficient (Wildman–Crippen LogP) is 5.15. The fraction of sp³-hybridized carbons (Fsp3) is 0.182. The first-order chi connectivity index (χ1) is 11.6. The molecule has 0 saturated carbocycles. The van der Waals surface area contributed by atoms with Crippen LogP contribution >= 0.6 is 0 Å². The molecule has 0 fully saturated rings. The van der Waals surface area contributed by atoms with Gasteiger partial charge in [-0.2, -0.15) is 0 Å². The molecule has 24 heavy (non-hydrogen) atoms. The Bertz CT molecular complexity index is 887. The first-order valence-electron chi connectivity index (χ1n) is 8.33. The van der Waals surface area contributed by atoms with E-state index in [9.17, 15) is 0 Å². The van der Waals surface area contributed by atoms with Crippen molar-refractivity contribution in [2.45, 2.75) is 13.8 Å². The van der Waals surface area contributed by atoms with E-state index in [2.05, 4.69) is 72.6 Å². The molecule has 2 unspecified atom stereocenters. The third-order valence-corrected chi connectivity index (χ3v) is 4.73. The fourth-order valence-electron chi connectivity index (χ4n) is 3.36. The van der Waals surface area contributed by atoms with E-state index in [-0.39, 0.29) is 5.41 Å². The number of fused-ring (bicyclic) bond motifs is 1. The molecule has 118 valence electrons. The molecule has 1 aromatic carbocycles. The summed E-state index contributed by atoms with van der Waals surface area (Å²) >= 11 is 0. The van der Waals surface area contributed by atoms with Crippen molar-refractivity contribution in [3.8, 4) is 11.4 Å². The van der Waals surface area contributed by atoms with Gasteiger partial charge in [0.05, 0.1) is 5.69 Å². The summed E-state index contributed by atoms with van der Waals surface area (Å²) in [6.07, 6.45) is 15.6. The van der Waals surface area contributed by atoms with Gasteiger partial charge in [-0.15, -0.1) is 0 Å². The molecule has 2 aromatic rings. The molecule has 1 heterocycles. The molecule has 0 amide bonds. The fourth-order valence-corrected chi connectivity index (χ4v) is 3.36. The summed E-state index contributed by atoms with van der Waals surface area (Å²) in [5, 5.41) is 0. The summed E-state index contributed by atoms with van der Waals surface area (Å²) in [4.78, 5) is 9.43. The van der Waals surface area contributed by atoms with Gasteiger partial charge in [-0.05, 0) is 18.6 Å². The normalized spacial score (nSPS) is 24.6. The Kier molecular flexibility index (Phi) is 3.53. The molecule has 4 rings (SSSR count). The smallest absolute Gasteiger partial charge is 0.160 e. The first kappa shape index (κ1) is 14.8. The van der Waals surface area contributed by atoms with Gasteiger partial charge < -0.3 is 0 Å². The first-order valence-corrected chi connectivity index (χ1v) is 8.33. The van der Waals surface area contributed by atoms with E-state index in [1.54, 1.807) is 0 Å². The lowest BCUT2D eigenvalue weighted by Gasteiger charge is -2.34. The van der Waals surface area contributed by atoms with Crippen LogP contribution in [-0.2, 0) is 0 Å². The lowest BCUT2D eigenvalue weighted by Crippen LogP contribution is -2.24. The third-order valence-electron chi connectivity index (χ3n) is 4.73. The molecule has 0 radical (unpaired) electrons. The Hall–Kier alpha value is -2.74. The summed E-state index contributed by atoms with van der Waals surface area (Å²) in [5.41, 5.74) is 4.20. The summed E-state index contributed by atoms with van der Waals surface area (Å²) < 4.78 is 0. The maximum atomic E-state index is 4.82. The van der Waals surface area contributed by atoms with Crippen LogP contribution in [0.5, 0.6) is 0 Å². The monoisotopic (exact) mass is 312 g/mol. The van der Waals surface area contributed by atoms with Gasteiger partial charge in [-0.25, -0.2) is 9.97 Å². The zero-order valence-corrected chi connectivity index (χ0v) is 14.0.